The van der Waals surface area contributed by atoms with Crippen LogP contribution in [-0.2, 0) is 14.2 Å². The summed E-state index contributed by atoms with van der Waals surface area (Å²) in [6.45, 7) is 20.7. The van der Waals surface area contributed by atoms with Gasteiger partial charge in [-0.25, -0.2) is 0 Å². The molecule has 0 aromatic heterocycles. The van der Waals surface area contributed by atoms with Gasteiger partial charge in [-0.15, -0.1) is 0 Å². The molecule has 0 aromatic rings. The number of quaternary nitrogens is 1. The molecule has 0 radical (unpaired) electrons. The van der Waals surface area contributed by atoms with Gasteiger partial charge in [0.15, 0.2) is 0 Å². The van der Waals surface area contributed by atoms with Crippen molar-refractivity contribution in [1.82, 2.24) is 0 Å². The first kappa shape index (κ1) is 50.2. The van der Waals surface area contributed by atoms with Crippen LogP contribution in [0.5, 0.6) is 0 Å². The fourth-order valence-electron chi connectivity index (χ4n) is 7.82. The second kappa shape index (κ2) is 38.4. The number of rotatable bonds is 40. The number of hydrogen-bond acceptors (Lipinski definition) is 3. The van der Waals surface area contributed by atoms with E-state index in [2.05, 4.69) is 20.8 Å². The Balaban J connectivity index is 0. The van der Waals surface area contributed by atoms with E-state index in [0.717, 1.165) is 12.8 Å². The molecular weight excluding hydrogens is 614 g/mol. The highest BCUT2D eigenvalue weighted by Crippen LogP contribution is 2.24. The van der Waals surface area contributed by atoms with Crippen molar-refractivity contribution in [3.63, 3.8) is 0 Å². The molecule has 0 unspecified atom stereocenters. The molecule has 0 saturated carbocycles. The van der Waals surface area contributed by atoms with Gasteiger partial charge in [0, 0.05) is 26.2 Å². The molecule has 0 N–H and O–H groups in total. The molecule has 0 atom stereocenters. The monoisotopic (exact) mass is 704 g/mol. The van der Waals surface area contributed by atoms with Crippen LogP contribution in [0.1, 0.15) is 228 Å². The summed E-state index contributed by atoms with van der Waals surface area (Å²) in [7, 11) is 0. The summed E-state index contributed by atoms with van der Waals surface area (Å²) in [5.41, 5.74) is 0. The van der Waals surface area contributed by atoms with Gasteiger partial charge in [0.05, 0.1) is 26.2 Å². The molecule has 0 amide bonds. The van der Waals surface area contributed by atoms with Crippen LogP contribution in [-0.4, -0.2) is 56.5 Å². The van der Waals surface area contributed by atoms with Crippen LogP contribution < -0.4 is 12.4 Å². The maximum Gasteiger partial charge on any atom is 0.282 e. The molecule has 0 aliphatic carbocycles. The van der Waals surface area contributed by atoms with Gasteiger partial charge in [-0.3, -0.25) is 0 Å². The van der Waals surface area contributed by atoms with E-state index >= 15 is 0 Å². The molecule has 0 fully saturated rings. The van der Waals surface area contributed by atoms with Crippen molar-refractivity contribution in [3.8, 4) is 0 Å². The Morgan fingerprint density at radius 2 is 0.583 bits per heavy atom. The van der Waals surface area contributed by atoms with E-state index in [0.29, 0.717) is 19.8 Å². The van der Waals surface area contributed by atoms with E-state index in [4.69, 9.17) is 14.2 Å². The number of hydrogen-bond donors (Lipinski definition) is 0. The largest absolute Gasteiger partial charge is 1.00 e. The van der Waals surface area contributed by atoms with Crippen molar-refractivity contribution in [2.45, 2.75) is 234 Å². The first-order valence-electron chi connectivity index (χ1n) is 21.8. The van der Waals surface area contributed by atoms with Crippen molar-refractivity contribution < 1.29 is 31.1 Å². The van der Waals surface area contributed by atoms with Gasteiger partial charge in [0.1, 0.15) is 0 Å². The summed E-state index contributed by atoms with van der Waals surface area (Å²) >= 11 is 0. The average molecular weight is 705 g/mol. The van der Waals surface area contributed by atoms with E-state index < -0.39 is 5.97 Å². The minimum Gasteiger partial charge on any atom is -1.00 e. The molecule has 0 heterocycles. The van der Waals surface area contributed by atoms with Gasteiger partial charge in [0.25, 0.3) is 5.97 Å². The summed E-state index contributed by atoms with van der Waals surface area (Å²) in [6, 6.07) is 0. The van der Waals surface area contributed by atoms with E-state index in [1.807, 2.05) is 20.8 Å². The number of halogens is 1. The van der Waals surface area contributed by atoms with Crippen molar-refractivity contribution >= 4 is 0 Å². The van der Waals surface area contributed by atoms with Gasteiger partial charge >= 0.3 is 0 Å². The predicted molar refractivity (Wildman–Crippen MR) is 208 cm³/mol. The van der Waals surface area contributed by atoms with Crippen LogP contribution in [0.2, 0.25) is 0 Å². The van der Waals surface area contributed by atoms with E-state index in [1.54, 1.807) is 0 Å². The molecule has 0 saturated heterocycles. The zero-order chi connectivity index (χ0) is 34.6. The lowest BCUT2D eigenvalue weighted by Gasteiger charge is -2.39. The molecule has 4 nitrogen and oxygen atoms in total. The maximum atomic E-state index is 5.87. The molecule has 5 heteroatoms. The molecule has 0 rings (SSSR count). The molecule has 0 aliphatic heterocycles. The second-order valence-corrected chi connectivity index (χ2v) is 14.8. The van der Waals surface area contributed by atoms with Crippen molar-refractivity contribution in [1.29, 1.82) is 0 Å². The second-order valence-electron chi connectivity index (χ2n) is 14.8. The van der Waals surface area contributed by atoms with E-state index in [-0.39, 0.29) is 12.4 Å². The minimum absolute atomic E-state index is 0. The van der Waals surface area contributed by atoms with Gasteiger partial charge in [-0.05, 0) is 65.7 Å². The quantitative estimate of drug-likeness (QED) is 0.0361. The lowest BCUT2D eigenvalue weighted by molar-refractivity contribution is -0.928. The Morgan fingerprint density at radius 1 is 0.312 bits per heavy atom. The minimum atomic E-state index is -0.825. The van der Waals surface area contributed by atoms with Crippen LogP contribution in [0, 0.1) is 0 Å². The fourth-order valence-corrected chi connectivity index (χ4v) is 7.82. The lowest BCUT2D eigenvalue weighted by Crippen LogP contribution is -3.00. The fraction of sp³-hybridized carbons (Fsp3) is 1.00. The molecular formula is C43H90ClNO3. The van der Waals surface area contributed by atoms with Gasteiger partial charge in [0.2, 0.25) is 0 Å². The van der Waals surface area contributed by atoms with Gasteiger partial charge in [-0.2, -0.15) is 0 Å². The van der Waals surface area contributed by atoms with Crippen LogP contribution in [0.15, 0.2) is 0 Å². The van der Waals surface area contributed by atoms with Crippen LogP contribution >= 0.6 is 0 Å². The first-order chi connectivity index (χ1) is 23.1. The van der Waals surface area contributed by atoms with Crippen LogP contribution in [0.4, 0.5) is 0 Å². The predicted octanol–water partition coefficient (Wildman–Crippen LogP) is 10.9. The smallest absolute Gasteiger partial charge is 0.282 e. The summed E-state index contributed by atoms with van der Waals surface area (Å²) in [6.07, 6.45) is 40.4. The zero-order valence-electron chi connectivity index (χ0n) is 34.0. The average Bonchev–Trinajstić information content (AvgIpc) is 3.05. The first-order valence-corrected chi connectivity index (χ1v) is 21.8. The summed E-state index contributed by atoms with van der Waals surface area (Å²) < 4.78 is 19.0. The Hall–Kier alpha value is 0.130. The van der Waals surface area contributed by atoms with E-state index in [1.165, 1.54) is 204 Å². The number of nitrogens with zero attached hydrogens (tertiary/aromatic N) is 1. The number of unbranched alkanes of at least 4 members (excludes halogenated alkanes) is 24. The Labute approximate surface area is 310 Å². The summed E-state index contributed by atoms with van der Waals surface area (Å²) in [5.74, 6) is -0.825. The molecule has 0 spiro atoms. The normalized spacial score (nSPS) is 12.1. The summed E-state index contributed by atoms with van der Waals surface area (Å²) in [5, 5.41) is 0. The number of ether oxygens (including phenoxy) is 3. The third-order valence-electron chi connectivity index (χ3n) is 10.3. The molecule has 292 valence electrons. The van der Waals surface area contributed by atoms with Crippen LogP contribution in [0.3, 0.4) is 0 Å². The third-order valence-corrected chi connectivity index (χ3v) is 10.3. The van der Waals surface area contributed by atoms with Crippen molar-refractivity contribution in [2.24, 2.45) is 0 Å². The summed E-state index contributed by atoms with van der Waals surface area (Å²) in [4.78, 5) is 0. The van der Waals surface area contributed by atoms with Crippen molar-refractivity contribution in [3.05, 3.63) is 0 Å². The highest BCUT2D eigenvalue weighted by Gasteiger charge is 2.31. The van der Waals surface area contributed by atoms with E-state index in [9.17, 15) is 0 Å². The highest BCUT2D eigenvalue weighted by atomic mass is 35.5. The molecule has 0 aromatic carbocycles. The lowest BCUT2D eigenvalue weighted by atomic mass is 10.0. The Kier molecular flexibility index (Phi) is 40.2. The SMILES string of the molecule is CCCCCCCCCCCCCCCCCC[N+](CCC)(CCC)CCCCCCCCCCCCC(OCC)(OCC)OCC.[Cl-]. The highest BCUT2D eigenvalue weighted by molar-refractivity contribution is 4.60. The Morgan fingerprint density at radius 3 is 0.854 bits per heavy atom. The topological polar surface area (TPSA) is 27.7 Å². The standard InChI is InChI=1S/C43H90NO3.ClH/c1-7-13-14-15-16-17-18-19-20-21-22-24-27-30-33-36-41-44(39-8-2,40-9-3)42-37-34-31-28-25-23-26-29-32-35-38-43(45-10-4,46-11-5)47-12-6;/h7-42H2,1-6H3;1H/q+1;/p-1. The molecule has 0 bridgehead atoms. The Bertz CT molecular complexity index is 582. The van der Waals surface area contributed by atoms with Crippen molar-refractivity contribution in [2.75, 3.05) is 46.0 Å². The molecule has 0 aliphatic rings. The third kappa shape index (κ3) is 29.8. The molecule has 48 heavy (non-hydrogen) atoms. The van der Waals surface area contributed by atoms with Crippen LogP contribution in [0.25, 0.3) is 0 Å². The van der Waals surface area contributed by atoms with Gasteiger partial charge in [-0.1, -0.05) is 156 Å². The van der Waals surface area contributed by atoms with Gasteiger partial charge < -0.3 is 31.1 Å². The maximum absolute atomic E-state index is 5.87. The zero-order valence-corrected chi connectivity index (χ0v) is 34.8.